The molecule has 1 saturated heterocycles. The van der Waals surface area contributed by atoms with Gasteiger partial charge in [0.15, 0.2) is 11.5 Å². The van der Waals surface area contributed by atoms with Crippen molar-refractivity contribution in [1.29, 1.82) is 0 Å². The van der Waals surface area contributed by atoms with Gasteiger partial charge in [-0.05, 0) is 59.8 Å². The average molecular weight is 434 g/mol. The van der Waals surface area contributed by atoms with Gasteiger partial charge in [0.25, 0.3) is 11.1 Å². The van der Waals surface area contributed by atoms with Gasteiger partial charge in [-0.15, -0.1) is 6.42 Å². The maximum Gasteiger partial charge on any atom is 0.298 e. The number of rotatable bonds is 5. The molecule has 2 amide bonds. The zero-order chi connectivity index (χ0) is 20.3. The Morgan fingerprint density at radius 2 is 1.93 bits per heavy atom. The summed E-state index contributed by atoms with van der Waals surface area (Å²) >= 11 is 13.0. The van der Waals surface area contributed by atoms with Crippen LogP contribution in [0.1, 0.15) is 5.56 Å². The summed E-state index contributed by atoms with van der Waals surface area (Å²) in [7, 11) is 1.46. The zero-order valence-corrected chi connectivity index (χ0v) is 16.9. The summed E-state index contributed by atoms with van der Waals surface area (Å²) in [6.07, 6.45) is 6.77. The molecule has 2 aromatic carbocycles. The van der Waals surface area contributed by atoms with Gasteiger partial charge in [-0.2, -0.15) is 0 Å². The molecule has 1 fully saturated rings. The lowest BCUT2D eigenvalue weighted by molar-refractivity contribution is -0.113. The van der Waals surface area contributed by atoms with Crippen LogP contribution in [-0.4, -0.2) is 24.9 Å². The summed E-state index contributed by atoms with van der Waals surface area (Å²) in [6, 6.07) is 9.70. The molecule has 0 saturated carbocycles. The second-order valence-electron chi connectivity index (χ2n) is 5.52. The fourth-order valence-corrected chi connectivity index (χ4v) is 3.75. The summed E-state index contributed by atoms with van der Waals surface area (Å²) in [6.45, 7) is 0.0371. The molecule has 1 aliphatic heterocycles. The standard InChI is InChI=1S/C20H13Cl2NO4S/c1-3-8-27-18-15(22)9-12(10-16(18)26-2)11-17-19(24)23(20(25)28-17)14-6-4-13(21)5-7-14/h1,4-7,9-11H,8H2,2H3/b17-11-. The van der Waals surface area contributed by atoms with Gasteiger partial charge in [-0.3, -0.25) is 9.59 Å². The number of nitrogens with zero attached hydrogens (tertiary/aromatic N) is 1. The van der Waals surface area contributed by atoms with Crippen molar-refractivity contribution in [3.05, 3.63) is 56.9 Å². The number of methoxy groups -OCH3 is 1. The van der Waals surface area contributed by atoms with Crippen molar-refractivity contribution in [3.8, 4) is 23.8 Å². The second-order valence-corrected chi connectivity index (χ2v) is 7.36. The normalized spacial score (nSPS) is 15.1. The Hall–Kier alpha value is -2.59. The van der Waals surface area contributed by atoms with E-state index in [2.05, 4.69) is 5.92 Å². The molecule has 1 aliphatic rings. The molecule has 0 unspecified atom stereocenters. The first-order valence-electron chi connectivity index (χ1n) is 7.92. The van der Waals surface area contributed by atoms with Crippen molar-refractivity contribution in [3.63, 3.8) is 0 Å². The van der Waals surface area contributed by atoms with Crippen LogP contribution in [-0.2, 0) is 4.79 Å². The van der Waals surface area contributed by atoms with Gasteiger partial charge in [-0.25, -0.2) is 4.90 Å². The summed E-state index contributed by atoms with van der Waals surface area (Å²) in [5.74, 6) is 2.60. The van der Waals surface area contributed by atoms with Crippen LogP contribution in [0.3, 0.4) is 0 Å². The molecular weight excluding hydrogens is 421 g/mol. The molecule has 142 valence electrons. The number of halogens is 2. The van der Waals surface area contributed by atoms with Crippen molar-refractivity contribution < 1.29 is 19.1 Å². The number of carbonyl (C=O) groups is 2. The van der Waals surface area contributed by atoms with Crippen molar-refractivity contribution in [2.24, 2.45) is 0 Å². The number of carbonyl (C=O) groups excluding carboxylic acids is 2. The Kier molecular flexibility index (Phi) is 6.20. The van der Waals surface area contributed by atoms with E-state index < -0.39 is 11.1 Å². The zero-order valence-electron chi connectivity index (χ0n) is 14.6. The molecule has 0 atom stereocenters. The highest BCUT2D eigenvalue weighted by Crippen LogP contribution is 2.40. The molecule has 0 N–H and O–H groups in total. The molecule has 0 aromatic heterocycles. The fraction of sp³-hybridized carbons (Fsp3) is 0.100. The topological polar surface area (TPSA) is 55.8 Å². The summed E-state index contributed by atoms with van der Waals surface area (Å²) < 4.78 is 10.7. The number of imide groups is 1. The lowest BCUT2D eigenvalue weighted by Gasteiger charge is -2.12. The highest BCUT2D eigenvalue weighted by atomic mass is 35.5. The largest absolute Gasteiger partial charge is 0.493 e. The van der Waals surface area contributed by atoms with Crippen LogP contribution in [0.15, 0.2) is 41.3 Å². The fourth-order valence-electron chi connectivity index (χ4n) is 2.51. The van der Waals surface area contributed by atoms with E-state index in [-0.39, 0.29) is 16.5 Å². The third-order valence-corrected chi connectivity index (χ3v) is 5.13. The van der Waals surface area contributed by atoms with Gasteiger partial charge in [0, 0.05) is 5.02 Å². The lowest BCUT2D eigenvalue weighted by atomic mass is 10.1. The highest BCUT2D eigenvalue weighted by molar-refractivity contribution is 8.19. The SMILES string of the molecule is C#CCOc1c(Cl)cc(/C=C2\SC(=O)N(c3ccc(Cl)cc3)C2=O)cc1OC. The number of terminal acetylenes is 1. The summed E-state index contributed by atoms with van der Waals surface area (Å²) in [4.78, 5) is 26.4. The smallest absolute Gasteiger partial charge is 0.298 e. The molecule has 1 heterocycles. The van der Waals surface area contributed by atoms with E-state index in [1.807, 2.05) is 0 Å². The van der Waals surface area contributed by atoms with Crippen LogP contribution in [0.25, 0.3) is 6.08 Å². The van der Waals surface area contributed by atoms with E-state index in [1.54, 1.807) is 42.5 Å². The molecule has 3 rings (SSSR count). The molecule has 0 aliphatic carbocycles. The number of hydrogen-bond acceptors (Lipinski definition) is 5. The second kappa shape index (κ2) is 8.61. The van der Waals surface area contributed by atoms with E-state index in [9.17, 15) is 9.59 Å². The average Bonchev–Trinajstić information content (AvgIpc) is 2.94. The molecule has 2 aromatic rings. The Balaban J connectivity index is 1.92. The Bertz CT molecular complexity index is 1010. The van der Waals surface area contributed by atoms with E-state index in [1.165, 1.54) is 7.11 Å². The van der Waals surface area contributed by atoms with E-state index >= 15 is 0 Å². The molecule has 0 radical (unpaired) electrons. The summed E-state index contributed by atoms with van der Waals surface area (Å²) in [5.41, 5.74) is 1.03. The van der Waals surface area contributed by atoms with Crippen molar-refractivity contribution in [2.45, 2.75) is 0 Å². The minimum atomic E-state index is -0.430. The Morgan fingerprint density at radius 1 is 1.21 bits per heavy atom. The Labute approximate surface area is 176 Å². The molecule has 28 heavy (non-hydrogen) atoms. The number of amides is 2. The van der Waals surface area contributed by atoms with Gasteiger partial charge >= 0.3 is 0 Å². The number of ether oxygens (including phenoxy) is 2. The van der Waals surface area contributed by atoms with Gasteiger partial charge in [-0.1, -0.05) is 29.1 Å². The Morgan fingerprint density at radius 3 is 2.57 bits per heavy atom. The number of hydrogen-bond donors (Lipinski definition) is 0. The van der Waals surface area contributed by atoms with Crippen molar-refractivity contribution in [2.75, 3.05) is 18.6 Å². The number of thioether (sulfide) groups is 1. The molecular formula is C20H13Cl2NO4S. The van der Waals surface area contributed by atoms with E-state index in [4.69, 9.17) is 39.1 Å². The van der Waals surface area contributed by atoms with Gasteiger partial charge in [0.05, 0.1) is 22.7 Å². The minimum Gasteiger partial charge on any atom is -0.493 e. The monoisotopic (exact) mass is 433 g/mol. The first-order chi connectivity index (χ1) is 13.4. The van der Waals surface area contributed by atoms with E-state index in [0.717, 1.165) is 16.7 Å². The highest BCUT2D eigenvalue weighted by Gasteiger charge is 2.36. The quantitative estimate of drug-likeness (QED) is 0.475. The third kappa shape index (κ3) is 4.12. The summed E-state index contributed by atoms with van der Waals surface area (Å²) in [5, 5.41) is 0.392. The van der Waals surface area contributed by atoms with Crippen LogP contribution in [0.2, 0.25) is 10.0 Å². The van der Waals surface area contributed by atoms with Crippen LogP contribution in [0.4, 0.5) is 10.5 Å². The molecule has 8 heteroatoms. The minimum absolute atomic E-state index is 0.0371. The lowest BCUT2D eigenvalue weighted by Crippen LogP contribution is -2.27. The molecule has 0 spiro atoms. The first kappa shape index (κ1) is 20.2. The number of benzene rings is 2. The molecule has 5 nitrogen and oxygen atoms in total. The predicted octanol–water partition coefficient (Wildman–Crippen LogP) is 5.25. The molecule has 0 bridgehead atoms. The van der Waals surface area contributed by atoms with Crippen LogP contribution >= 0.6 is 35.0 Å². The van der Waals surface area contributed by atoms with Crippen molar-refractivity contribution in [1.82, 2.24) is 0 Å². The van der Waals surface area contributed by atoms with Gasteiger partial charge < -0.3 is 9.47 Å². The number of anilines is 1. The predicted molar refractivity (Wildman–Crippen MR) is 112 cm³/mol. The first-order valence-corrected chi connectivity index (χ1v) is 9.49. The van der Waals surface area contributed by atoms with Crippen LogP contribution in [0, 0.1) is 12.3 Å². The maximum absolute atomic E-state index is 12.7. The third-order valence-electron chi connectivity index (χ3n) is 3.73. The van der Waals surface area contributed by atoms with E-state index in [0.29, 0.717) is 27.8 Å². The van der Waals surface area contributed by atoms with Gasteiger partial charge in [0.2, 0.25) is 0 Å². The van der Waals surface area contributed by atoms with Crippen LogP contribution in [0.5, 0.6) is 11.5 Å². The maximum atomic E-state index is 12.7. The van der Waals surface area contributed by atoms with Crippen molar-refractivity contribution >= 4 is 57.9 Å². The van der Waals surface area contributed by atoms with Gasteiger partial charge in [0.1, 0.15) is 6.61 Å². The van der Waals surface area contributed by atoms with Crippen LogP contribution < -0.4 is 14.4 Å².